The van der Waals surface area contributed by atoms with Crippen LogP contribution in [0.15, 0.2) is 38.5 Å². The molecule has 20 heavy (non-hydrogen) atoms. The molecule has 0 amide bonds. The Balaban J connectivity index is 2.11. The van der Waals surface area contributed by atoms with E-state index < -0.39 is 10.0 Å². The van der Waals surface area contributed by atoms with Gasteiger partial charge in [0.15, 0.2) is 0 Å². The number of hydrogen-bond donors (Lipinski definition) is 2. The van der Waals surface area contributed by atoms with E-state index in [2.05, 4.69) is 31.0 Å². The van der Waals surface area contributed by atoms with Crippen LogP contribution in [0.2, 0.25) is 0 Å². The van der Waals surface area contributed by atoms with Gasteiger partial charge < -0.3 is 5.32 Å². The summed E-state index contributed by atoms with van der Waals surface area (Å²) in [4.78, 5) is 4.18. The van der Waals surface area contributed by atoms with Crippen LogP contribution in [0.25, 0.3) is 0 Å². The summed E-state index contributed by atoms with van der Waals surface area (Å²) in [5.41, 5.74) is 1.12. The van der Waals surface area contributed by atoms with Crippen molar-refractivity contribution in [2.24, 2.45) is 0 Å². The summed E-state index contributed by atoms with van der Waals surface area (Å²) in [6, 6.07) is 3.52. The lowest BCUT2D eigenvalue weighted by atomic mass is 10.2. The molecule has 2 aromatic rings. The van der Waals surface area contributed by atoms with Crippen LogP contribution in [0.3, 0.4) is 0 Å². The van der Waals surface area contributed by atoms with Crippen molar-refractivity contribution >= 4 is 43.1 Å². The van der Waals surface area contributed by atoms with Crippen molar-refractivity contribution < 1.29 is 8.42 Å². The number of rotatable bonds is 6. The van der Waals surface area contributed by atoms with E-state index in [1.54, 1.807) is 24.6 Å². The summed E-state index contributed by atoms with van der Waals surface area (Å²) in [5.74, 6) is 0.330. The van der Waals surface area contributed by atoms with E-state index in [0.29, 0.717) is 23.3 Å². The van der Waals surface area contributed by atoms with Crippen LogP contribution in [-0.2, 0) is 16.4 Å². The van der Waals surface area contributed by atoms with Crippen LogP contribution >= 0.6 is 27.3 Å². The van der Waals surface area contributed by atoms with Gasteiger partial charge in [0.05, 0.1) is 0 Å². The zero-order chi connectivity index (χ0) is 14.6. The molecule has 2 rings (SSSR count). The second kappa shape index (κ2) is 6.66. The average Bonchev–Trinajstić information content (AvgIpc) is 2.91. The highest BCUT2D eigenvalue weighted by atomic mass is 79.9. The quantitative estimate of drug-likeness (QED) is 0.813. The Labute approximate surface area is 130 Å². The molecule has 8 heteroatoms. The molecule has 0 aliphatic rings. The summed E-state index contributed by atoms with van der Waals surface area (Å²) in [7, 11) is -1.94. The normalized spacial score (nSPS) is 11.5. The Bertz CT molecular complexity index is 672. The molecule has 2 aromatic heterocycles. The highest BCUT2D eigenvalue weighted by Crippen LogP contribution is 2.22. The topological polar surface area (TPSA) is 71.1 Å². The number of halogens is 1. The second-order valence-electron chi connectivity index (χ2n) is 4.03. The van der Waals surface area contributed by atoms with Crippen molar-refractivity contribution in [3.8, 4) is 0 Å². The molecule has 0 bridgehead atoms. The first-order chi connectivity index (χ1) is 9.53. The highest BCUT2D eigenvalue weighted by molar-refractivity contribution is 9.10. The number of sulfonamides is 1. The lowest BCUT2D eigenvalue weighted by molar-refractivity contribution is 0.581. The van der Waals surface area contributed by atoms with E-state index in [-0.39, 0.29) is 4.90 Å². The Hall–Kier alpha value is -0.960. The molecule has 5 nitrogen and oxygen atoms in total. The van der Waals surface area contributed by atoms with Crippen LogP contribution in [-0.4, -0.2) is 27.0 Å². The van der Waals surface area contributed by atoms with Gasteiger partial charge in [0.1, 0.15) is 10.7 Å². The van der Waals surface area contributed by atoms with E-state index in [0.717, 1.165) is 5.56 Å². The molecule has 2 heterocycles. The van der Waals surface area contributed by atoms with Gasteiger partial charge in [-0.25, -0.2) is 18.1 Å². The number of anilines is 1. The summed E-state index contributed by atoms with van der Waals surface area (Å²) in [6.07, 6.45) is 2.22. The fourth-order valence-electron chi connectivity index (χ4n) is 1.66. The maximum Gasteiger partial charge on any atom is 0.244 e. The van der Waals surface area contributed by atoms with Gasteiger partial charge in [-0.1, -0.05) is 0 Å². The van der Waals surface area contributed by atoms with Crippen LogP contribution < -0.4 is 10.0 Å². The van der Waals surface area contributed by atoms with Crippen LogP contribution in [0.4, 0.5) is 5.82 Å². The largest absolute Gasteiger partial charge is 0.372 e. The Morgan fingerprint density at radius 3 is 2.90 bits per heavy atom. The summed E-state index contributed by atoms with van der Waals surface area (Å²) in [6.45, 7) is 0.356. The average molecular weight is 376 g/mol. The summed E-state index contributed by atoms with van der Waals surface area (Å²) >= 11 is 4.84. The zero-order valence-corrected chi connectivity index (χ0v) is 14.0. The molecule has 0 aliphatic heterocycles. The van der Waals surface area contributed by atoms with Gasteiger partial charge in [-0.05, 0) is 50.8 Å². The van der Waals surface area contributed by atoms with Gasteiger partial charge >= 0.3 is 0 Å². The molecule has 108 valence electrons. The molecule has 0 spiro atoms. The van der Waals surface area contributed by atoms with E-state index in [4.69, 9.17) is 0 Å². The third-order valence-corrected chi connectivity index (χ3v) is 5.27. The van der Waals surface area contributed by atoms with Gasteiger partial charge in [0, 0.05) is 24.3 Å². The summed E-state index contributed by atoms with van der Waals surface area (Å²) in [5, 5.41) is 6.76. The van der Waals surface area contributed by atoms with Crippen molar-refractivity contribution in [1.29, 1.82) is 0 Å². The predicted octanol–water partition coefficient (Wildman–Crippen LogP) is 2.47. The van der Waals surface area contributed by atoms with Gasteiger partial charge in [0.25, 0.3) is 0 Å². The first kappa shape index (κ1) is 15.4. The fraction of sp³-hybridized carbons (Fsp3) is 0.250. The monoisotopic (exact) mass is 375 g/mol. The maximum atomic E-state index is 12.3. The van der Waals surface area contributed by atoms with Gasteiger partial charge in [-0.3, -0.25) is 0 Å². The zero-order valence-electron chi connectivity index (χ0n) is 10.8. The summed E-state index contributed by atoms with van der Waals surface area (Å²) < 4.78 is 27.8. The minimum absolute atomic E-state index is 0.139. The molecular weight excluding hydrogens is 362 g/mol. The molecule has 0 atom stereocenters. The lowest BCUT2D eigenvalue weighted by Crippen LogP contribution is -2.26. The maximum absolute atomic E-state index is 12.3. The first-order valence-electron chi connectivity index (χ1n) is 5.87. The lowest BCUT2D eigenvalue weighted by Gasteiger charge is -2.10. The standard InChI is InChI=1S/C12H14BrN3O2S2/c1-14-12-11(6-10(13)7-15-12)20(17,18)16-4-2-9-3-5-19-8-9/h3,5-8,16H,2,4H2,1H3,(H,14,15). The first-order valence-corrected chi connectivity index (χ1v) is 9.09. The van der Waals surface area contributed by atoms with Crippen molar-refractivity contribution in [3.05, 3.63) is 39.1 Å². The molecular formula is C12H14BrN3O2S2. The third-order valence-electron chi connectivity index (χ3n) is 2.63. The van der Waals surface area contributed by atoms with Crippen LogP contribution in [0, 0.1) is 0 Å². The van der Waals surface area contributed by atoms with E-state index in [9.17, 15) is 8.42 Å². The number of nitrogens with zero attached hydrogens (tertiary/aromatic N) is 1. The van der Waals surface area contributed by atoms with Gasteiger partial charge in [-0.2, -0.15) is 11.3 Å². The third kappa shape index (κ3) is 3.78. The van der Waals surface area contributed by atoms with Gasteiger partial charge in [-0.15, -0.1) is 0 Å². The number of nitrogens with one attached hydrogen (secondary N) is 2. The Morgan fingerprint density at radius 2 is 2.25 bits per heavy atom. The Morgan fingerprint density at radius 1 is 1.45 bits per heavy atom. The molecule has 0 radical (unpaired) electrons. The molecule has 0 unspecified atom stereocenters. The van der Waals surface area contributed by atoms with E-state index >= 15 is 0 Å². The number of pyridine rings is 1. The molecule has 2 N–H and O–H groups in total. The molecule has 0 saturated carbocycles. The fourth-order valence-corrected chi connectivity index (χ4v) is 4.06. The highest BCUT2D eigenvalue weighted by Gasteiger charge is 2.19. The van der Waals surface area contributed by atoms with Crippen LogP contribution in [0.5, 0.6) is 0 Å². The number of hydrogen-bond acceptors (Lipinski definition) is 5. The molecule has 0 aromatic carbocycles. The van der Waals surface area contributed by atoms with Crippen molar-refractivity contribution in [2.75, 3.05) is 18.9 Å². The second-order valence-corrected chi connectivity index (χ2v) is 7.46. The van der Waals surface area contributed by atoms with E-state index in [1.807, 2.05) is 16.8 Å². The minimum Gasteiger partial charge on any atom is -0.372 e. The number of aromatic nitrogens is 1. The number of thiophene rings is 1. The Kier molecular flexibility index (Phi) is 5.14. The van der Waals surface area contributed by atoms with Crippen LogP contribution in [0.1, 0.15) is 5.56 Å². The van der Waals surface area contributed by atoms with Crippen molar-refractivity contribution in [1.82, 2.24) is 9.71 Å². The molecule has 0 aliphatic carbocycles. The predicted molar refractivity (Wildman–Crippen MR) is 84.7 cm³/mol. The SMILES string of the molecule is CNc1ncc(Br)cc1S(=O)(=O)NCCc1ccsc1. The van der Waals surface area contributed by atoms with E-state index in [1.165, 1.54) is 6.07 Å². The van der Waals surface area contributed by atoms with Gasteiger partial charge in [0.2, 0.25) is 10.0 Å². The molecule has 0 saturated heterocycles. The minimum atomic E-state index is -3.58. The molecule has 0 fully saturated rings. The van der Waals surface area contributed by atoms with Crippen molar-refractivity contribution in [3.63, 3.8) is 0 Å². The van der Waals surface area contributed by atoms with Crippen molar-refractivity contribution in [2.45, 2.75) is 11.3 Å². The smallest absolute Gasteiger partial charge is 0.244 e.